The van der Waals surface area contributed by atoms with E-state index >= 15 is 0 Å². The predicted molar refractivity (Wildman–Crippen MR) is 88.2 cm³/mol. The third-order valence-corrected chi connectivity index (χ3v) is 4.30. The Morgan fingerprint density at radius 3 is 2.60 bits per heavy atom. The maximum absolute atomic E-state index is 13.2. The summed E-state index contributed by atoms with van der Waals surface area (Å²) in [6, 6.07) is 4.72. The molecular formula is C17H24F2N2O4. The number of ether oxygens (including phenoxy) is 2. The molecule has 0 heterocycles. The van der Waals surface area contributed by atoms with Crippen LogP contribution in [0.25, 0.3) is 0 Å². The summed E-state index contributed by atoms with van der Waals surface area (Å²) in [5, 5.41) is 13.0. The number of halogens is 2. The van der Waals surface area contributed by atoms with E-state index in [1.807, 2.05) is 0 Å². The minimum atomic E-state index is -2.74. The second-order valence-electron chi connectivity index (χ2n) is 6.26. The van der Waals surface area contributed by atoms with Gasteiger partial charge in [0.25, 0.3) is 5.91 Å². The van der Waals surface area contributed by atoms with Gasteiger partial charge < -0.3 is 25.6 Å². The number of carbonyl (C=O) groups is 1. The summed E-state index contributed by atoms with van der Waals surface area (Å²) in [7, 11) is 1.50. The quantitative estimate of drug-likeness (QED) is 0.690. The van der Waals surface area contributed by atoms with Crippen molar-refractivity contribution >= 4 is 5.91 Å². The first-order valence-electron chi connectivity index (χ1n) is 8.18. The monoisotopic (exact) mass is 358 g/mol. The fourth-order valence-electron chi connectivity index (χ4n) is 2.70. The fourth-order valence-corrected chi connectivity index (χ4v) is 2.70. The number of amides is 1. The van der Waals surface area contributed by atoms with E-state index in [1.54, 1.807) is 18.2 Å². The first-order valence-corrected chi connectivity index (χ1v) is 8.18. The molecule has 8 heteroatoms. The minimum Gasteiger partial charge on any atom is -0.497 e. The second kappa shape index (κ2) is 7.97. The highest BCUT2D eigenvalue weighted by Crippen LogP contribution is 2.38. The van der Waals surface area contributed by atoms with Gasteiger partial charge >= 0.3 is 0 Å². The average Bonchev–Trinajstić information content (AvgIpc) is 2.60. The molecule has 1 aliphatic rings. The third-order valence-electron chi connectivity index (χ3n) is 4.30. The predicted octanol–water partition coefficient (Wildman–Crippen LogP) is 1.70. The Kier molecular flexibility index (Phi) is 6.18. The summed E-state index contributed by atoms with van der Waals surface area (Å²) in [6.07, 6.45) is -0.877. The lowest BCUT2D eigenvalue weighted by atomic mass is 9.82. The molecule has 0 aromatic heterocycles. The molecule has 0 unspecified atom stereocenters. The normalized spacial score (nSPS) is 18.4. The first kappa shape index (κ1) is 19.4. The number of alkyl halides is 2. The van der Waals surface area contributed by atoms with E-state index in [0.717, 1.165) is 0 Å². The lowest BCUT2D eigenvalue weighted by molar-refractivity contribution is -0.101. The summed E-state index contributed by atoms with van der Waals surface area (Å²) in [4.78, 5) is 12.4. The number of aliphatic hydroxyl groups is 1. The van der Waals surface area contributed by atoms with Gasteiger partial charge in [0, 0.05) is 32.0 Å². The Balaban J connectivity index is 2.02. The number of methoxy groups -OCH3 is 1. The number of benzene rings is 1. The van der Waals surface area contributed by atoms with Crippen LogP contribution >= 0.6 is 0 Å². The van der Waals surface area contributed by atoms with E-state index in [4.69, 9.17) is 15.2 Å². The Morgan fingerprint density at radius 1 is 1.32 bits per heavy atom. The second-order valence-corrected chi connectivity index (χ2v) is 6.26. The van der Waals surface area contributed by atoms with Crippen LogP contribution in [-0.2, 0) is 0 Å². The van der Waals surface area contributed by atoms with E-state index in [1.165, 1.54) is 7.11 Å². The van der Waals surface area contributed by atoms with Crippen molar-refractivity contribution in [3.63, 3.8) is 0 Å². The molecule has 4 N–H and O–H groups in total. The Labute approximate surface area is 145 Å². The van der Waals surface area contributed by atoms with Gasteiger partial charge in [-0.3, -0.25) is 4.79 Å². The SMILES string of the molecule is COc1ccc(C(=O)NCC2(O)CCC(F)(F)CC2)c(OCCN)c1. The van der Waals surface area contributed by atoms with Crippen molar-refractivity contribution in [1.29, 1.82) is 0 Å². The molecule has 0 bridgehead atoms. The van der Waals surface area contributed by atoms with Gasteiger partial charge in [-0.15, -0.1) is 0 Å². The molecule has 140 valence electrons. The van der Waals surface area contributed by atoms with Crippen LogP contribution in [0.4, 0.5) is 8.78 Å². The molecule has 1 fully saturated rings. The number of hydrogen-bond donors (Lipinski definition) is 3. The molecule has 0 spiro atoms. The number of rotatable bonds is 7. The Morgan fingerprint density at radius 2 is 2.00 bits per heavy atom. The summed E-state index contributed by atoms with van der Waals surface area (Å²) in [5.74, 6) is -2.36. The highest BCUT2D eigenvalue weighted by atomic mass is 19.3. The van der Waals surface area contributed by atoms with Crippen molar-refractivity contribution in [3.05, 3.63) is 23.8 Å². The van der Waals surface area contributed by atoms with Crippen molar-refractivity contribution in [2.75, 3.05) is 26.8 Å². The highest BCUT2D eigenvalue weighted by molar-refractivity contribution is 5.97. The Hall–Kier alpha value is -1.93. The van der Waals surface area contributed by atoms with Crippen LogP contribution in [0.3, 0.4) is 0 Å². The standard InChI is InChI=1S/C17H24F2N2O4/c1-24-12-2-3-13(14(10-12)25-9-8-20)15(22)21-11-16(23)4-6-17(18,19)7-5-16/h2-3,10,23H,4-9,11,20H2,1H3,(H,21,22). The molecule has 0 radical (unpaired) electrons. The van der Waals surface area contributed by atoms with Crippen LogP contribution in [0.5, 0.6) is 11.5 Å². The maximum Gasteiger partial charge on any atom is 0.255 e. The lowest BCUT2D eigenvalue weighted by Gasteiger charge is -2.35. The van der Waals surface area contributed by atoms with Crippen molar-refractivity contribution < 1.29 is 28.2 Å². The van der Waals surface area contributed by atoms with Gasteiger partial charge in [0.1, 0.15) is 18.1 Å². The number of carbonyl (C=O) groups excluding carboxylic acids is 1. The lowest BCUT2D eigenvalue weighted by Crippen LogP contribution is -2.47. The van der Waals surface area contributed by atoms with Crippen molar-refractivity contribution in [2.45, 2.75) is 37.2 Å². The van der Waals surface area contributed by atoms with Gasteiger partial charge in [0.05, 0.1) is 18.3 Å². The van der Waals surface area contributed by atoms with Crippen LogP contribution in [0.15, 0.2) is 18.2 Å². The number of nitrogens with one attached hydrogen (secondary N) is 1. The number of nitrogens with two attached hydrogens (primary N) is 1. The van der Waals surface area contributed by atoms with Crippen LogP contribution in [0, 0.1) is 0 Å². The van der Waals surface area contributed by atoms with Crippen molar-refractivity contribution in [2.24, 2.45) is 5.73 Å². The zero-order valence-corrected chi connectivity index (χ0v) is 14.2. The van der Waals surface area contributed by atoms with Crippen LogP contribution in [0.1, 0.15) is 36.0 Å². The number of hydrogen-bond acceptors (Lipinski definition) is 5. The zero-order valence-electron chi connectivity index (χ0n) is 14.2. The summed E-state index contributed by atoms with van der Waals surface area (Å²) < 4.78 is 37.0. The van der Waals surface area contributed by atoms with Gasteiger partial charge in [0.15, 0.2) is 0 Å². The highest BCUT2D eigenvalue weighted by Gasteiger charge is 2.42. The minimum absolute atomic E-state index is 0.0561. The molecule has 1 amide bonds. The molecule has 2 rings (SSSR count). The topological polar surface area (TPSA) is 93.8 Å². The van der Waals surface area contributed by atoms with Crippen LogP contribution in [-0.4, -0.2) is 49.3 Å². The molecule has 0 aliphatic heterocycles. The largest absolute Gasteiger partial charge is 0.497 e. The van der Waals surface area contributed by atoms with Crippen LogP contribution < -0.4 is 20.5 Å². The summed E-state index contributed by atoms with van der Waals surface area (Å²) in [6.45, 7) is 0.420. The van der Waals surface area contributed by atoms with E-state index < -0.39 is 17.4 Å². The van der Waals surface area contributed by atoms with Crippen molar-refractivity contribution in [1.82, 2.24) is 5.32 Å². The zero-order chi connectivity index (χ0) is 18.5. The van der Waals surface area contributed by atoms with Gasteiger partial charge in [-0.25, -0.2) is 8.78 Å². The summed E-state index contributed by atoms with van der Waals surface area (Å²) >= 11 is 0. The average molecular weight is 358 g/mol. The Bertz CT molecular complexity index is 600. The first-order chi connectivity index (χ1) is 11.8. The van der Waals surface area contributed by atoms with E-state index in [9.17, 15) is 18.7 Å². The molecule has 6 nitrogen and oxygen atoms in total. The molecule has 1 aliphatic carbocycles. The molecule has 25 heavy (non-hydrogen) atoms. The van der Waals surface area contributed by atoms with E-state index in [2.05, 4.69) is 5.32 Å². The molecular weight excluding hydrogens is 334 g/mol. The fraction of sp³-hybridized carbons (Fsp3) is 0.588. The van der Waals surface area contributed by atoms with Crippen molar-refractivity contribution in [3.8, 4) is 11.5 Å². The van der Waals surface area contributed by atoms with Gasteiger partial charge in [-0.05, 0) is 25.0 Å². The smallest absolute Gasteiger partial charge is 0.255 e. The molecule has 1 aromatic rings. The van der Waals surface area contributed by atoms with Crippen LogP contribution in [0.2, 0.25) is 0 Å². The maximum atomic E-state index is 13.2. The van der Waals surface area contributed by atoms with E-state index in [0.29, 0.717) is 11.5 Å². The molecule has 1 saturated carbocycles. The van der Waals surface area contributed by atoms with Gasteiger partial charge in [0.2, 0.25) is 5.92 Å². The summed E-state index contributed by atoms with van der Waals surface area (Å²) in [5.41, 5.74) is 4.36. The molecule has 0 saturated heterocycles. The molecule has 0 atom stereocenters. The molecule has 1 aromatic carbocycles. The third kappa shape index (κ3) is 5.27. The van der Waals surface area contributed by atoms with Gasteiger partial charge in [-0.2, -0.15) is 0 Å². The van der Waals surface area contributed by atoms with Gasteiger partial charge in [-0.1, -0.05) is 0 Å². The van der Waals surface area contributed by atoms with E-state index in [-0.39, 0.29) is 50.9 Å².